The van der Waals surface area contributed by atoms with Gasteiger partial charge in [-0.05, 0) is 0 Å². The lowest BCUT2D eigenvalue weighted by Gasteiger charge is -1.86. The van der Waals surface area contributed by atoms with Crippen LogP contribution in [-0.2, 0) is 19.8 Å². The van der Waals surface area contributed by atoms with Gasteiger partial charge in [-0.3, -0.25) is 0 Å². The van der Waals surface area contributed by atoms with Crippen molar-refractivity contribution in [1.29, 1.82) is 0 Å². The summed E-state index contributed by atoms with van der Waals surface area (Å²) < 4.78 is 22.6. The molecule has 0 amide bonds. The zero-order chi connectivity index (χ0) is 8.04. The molecule has 0 aliphatic heterocycles. The van der Waals surface area contributed by atoms with Crippen LogP contribution in [0, 0.1) is 0 Å². The Balaban J connectivity index is 4.44. The Hall–Kier alpha value is -1.49. The quantitative estimate of drug-likeness (QED) is 0.307. The topological polar surface area (TPSA) is 105 Å². The number of rotatable bonds is 3. The Morgan fingerprint density at radius 1 is 1.20 bits per heavy atom. The first kappa shape index (κ1) is 8.51. The lowest BCUT2D eigenvalue weighted by atomic mass is 11.6. The third-order valence-electron chi connectivity index (χ3n) is 0.364. The molecular formula is C2HN3O4S. The predicted molar refractivity (Wildman–Crippen MR) is 28.3 cm³/mol. The molecule has 1 N–H and O–H groups in total. The maximum atomic E-state index is 10.2. The van der Waals surface area contributed by atoms with Crippen LogP contribution in [0.15, 0.2) is 9.50 Å². The molecule has 0 aromatic carbocycles. The second-order valence-corrected chi connectivity index (χ2v) is 2.27. The van der Waals surface area contributed by atoms with Gasteiger partial charge in [0.25, 0.3) is 12.2 Å². The molecule has 0 saturated carbocycles. The number of nitrogens with one attached hydrogen (secondary N) is 1. The van der Waals surface area contributed by atoms with Gasteiger partial charge in [0.2, 0.25) is 0 Å². The summed E-state index contributed by atoms with van der Waals surface area (Å²) in [4.78, 5) is 19.9. The van der Waals surface area contributed by atoms with Crippen molar-refractivity contribution in [3.8, 4) is 0 Å². The molecule has 0 aromatic rings. The summed E-state index contributed by atoms with van der Waals surface area (Å²) in [5.41, 5.74) is 0. The van der Waals surface area contributed by atoms with Gasteiger partial charge in [0, 0.05) is 0 Å². The van der Waals surface area contributed by atoms with Crippen LogP contribution >= 0.6 is 0 Å². The number of isocyanates is 2. The van der Waals surface area contributed by atoms with Crippen molar-refractivity contribution < 1.29 is 18.0 Å². The molecule has 8 heteroatoms. The Bertz CT molecular complexity index is 292. The van der Waals surface area contributed by atoms with Gasteiger partial charge in [-0.15, -0.1) is 0 Å². The fourth-order valence-corrected chi connectivity index (χ4v) is 0.437. The molecule has 0 atom stereocenters. The van der Waals surface area contributed by atoms with E-state index in [1.807, 2.05) is 0 Å². The van der Waals surface area contributed by atoms with Crippen LogP contribution in [0.2, 0.25) is 0 Å². The molecule has 0 aromatic heterocycles. The molecule has 0 spiro atoms. The molecule has 0 aliphatic carbocycles. The first-order valence-corrected chi connectivity index (χ1v) is 3.24. The third-order valence-corrected chi connectivity index (χ3v) is 1.00. The molecule has 7 nitrogen and oxygen atoms in total. The van der Waals surface area contributed by atoms with E-state index in [2.05, 4.69) is 9.50 Å². The normalized spacial score (nSPS) is 8.80. The molecular weight excluding hydrogens is 162 g/mol. The molecule has 54 valence electrons. The third kappa shape index (κ3) is 3.50. The van der Waals surface area contributed by atoms with E-state index in [9.17, 15) is 18.0 Å². The van der Waals surface area contributed by atoms with Crippen molar-refractivity contribution in [3.63, 3.8) is 0 Å². The molecule has 0 aliphatic rings. The lowest BCUT2D eigenvalue weighted by Crippen LogP contribution is -2.13. The Morgan fingerprint density at radius 2 is 1.80 bits per heavy atom. The molecule has 0 saturated heterocycles. The van der Waals surface area contributed by atoms with E-state index >= 15 is 0 Å². The fraction of sp³-hybridized carbons (Fsp3) is 0. The maximum absolute atomic E-state index is 10.2. The van der Waals surface area contributed by atoms with Crippen LogP contribution in [-0.4, -0.2) is 20.6 Å². The van der Waals surface area contributed by atoms with Crippen molar-refractivity contribution in [1.82, 2.24) is 4.83 Å². The summed E-state index contributed by atoms with van der Waals surface area (Å²) in [6, 6.07) is 0. The molecule has 0 unspecified atom stereocenters. The van der Waals surface area contributed by atoms with Crippen LogP contribution < -0.4 is 4.83 Å². The van der Waals surface area contributed by atoms with E-state index in [1.54, 1.807) is 0 Å². The number of carbonyl (C=O) groups excluding carboxylic acids is 2. The highest BCUT2D eigenvalue weighted by atomic mass is 32.2. The maximum Gasteiger partial charge on any atom is 0.368 e. The SMILES string of the molecule is O=C=NNS(=O)(=O)N=C=O. The summed E-state index contributed by atoms with van der Waals surface area (Å²) >= 11 is 0. The summed E-state index contributed by atoms with van der Waals surface area (Å²) in [6.07, 6.45) is 1.63. The highest BCUT2D eigenvalue weighted by Gasteiger charge is 2.02. The van der Waals surface area contributed by atoms with Crippen LogP contribution in [0.3, 0.4) is 0 Å². The summed E-state index contributed by atoms with van der Waals surface area (Å²) in [7, 11) is -4.17. The second-order valence-electron chi connectivity index (χ2n) is 0.952. The first-order valence-electron chi connectivity index (χ1n) is 1.80. The smallest absolute Gasteiger partial charge is 0.210 e. The van der Waals surface area contributed by atoms with Crippen molar-refractivity contribution in [2.24, 2.45) is 9.50 Å². The minimum absolute atomic E-state index is 0.752. The van der Waals surface area contributed by atoms with Crippen molar-refractivity contribution in [2.45, 2.75) is 0 Å². The van der Waals surface area contributed by atoms with Gasteiger partial charge in [-0.2, -0.15) is 13.2 Å². The molecule has 0 radical (unpaired) electrons. The molecule has 0 rings (SSSR count). The van der Waals surface area contributed by atoms with Gasteiger partial charge in [0.1, 0.15) is 0 Å². The zero-order valence-electron chi connectivity index (χ0n) is 4.44. The summed E-state index contributed by atoms with van der Waals surface area (Å²) in [6.45, 7) is 0. The van der Waals surface area contributed by atoms with Crippen molar-refractivity contribution in [3.05, 3.63) is 0 Å². The van der Waals surface area contributed by atoms with Crippen LogP contribution in [0.4, 0.5) is 0 Å². The Labute approximate surface area is 55.6 Å². The Kier molecular flexibility index (Phi) is 2.99. The van der Waals surface area contributed by atoms with Gasteiger partial charge in [-0.1, -0.05) is 9.50 Å². The van der Waals surface area contributed by atoms with Crippen LogP contribution in [0.1, 0.15) is 0 Å². The minimum Gasteiger partial charge on any atom is -0.210 e. The monoisotopic (exact) mass is 163 g/mol. The van der Waals surface area contributed by atoms with Crippen molar-refractivity contribution in [2.75, 3.05) is 0 Å². The average Bonchev–Trinajstić information content (AvgIpc) is 1.84. The van der Waals surface area contributed by atoms with Crippen molar-refractivity contribution >= 4 is 22.4 Å². The summed E-state index contributed by atoms with van der Waals surface area (Å²) in [5.74, 6) is 0. The van der Waals surface area contributed by atoms with E-state index < -0.39 is 10.2 Å². The molecule has 0 bridgehead atoms. The van der Waals surface area contributed by atoms with Crippen LogP contribution in [0.5, 0.6) is 0 Å². The number of nitrogens with zero attached hydrogens (tertiary/aromatic N) is 2. The largest absolute Gasteiger partial charge is 0.368 e. The van der Waals surface area contributed by atoms with Gasteiger partial charge in [0.05, 0.1) is 0 Å². The summed E-state index contributed by atoms with van der Waals surface area (Å²) in [5, 5.41) is 2.45. The van der Waals surface area contributed by atoms with Gasteiger partial charge in [-0.25, -0.2) is 9.59 Å². The number of hydrogen-bond acceptors (Lipinski definition) is 5. The highest BCUT2D eigenvalue weighted by molar-refractivity contribution is 7.88. The zero-order valence-corrected chi connectivity index (χ0v) is 5.25. The standard InChI is InChI=1S/C2HN3O4S/c6-1-3-5-10(8,9)4-2-7/h5H. The van der Waals surface area contributed by atoms with E-state index in [-0.39, 0.29) is 0 Å². The first-order chi connectivity index (χ1) is 4.62. The lowest BCUT2D eigenvalue weighted by molar-refractivity contribution is 0.555. The fourth-order valence-electron chi connectivity index (χ4n) is 0.146. The molecule has 10 heavy (non-hydrogen) atoms. The molecule has 0 fully saturated rings. The van der Waals surface area contributed by atoms with Gasteiger partial charge < -0.3 is 0 Å². The van der Waals surface area contributed by atoms with Crippen LogP contribution in [0.25, 0.3) is 0 Å². The van der Waals surface area contributed by atoms with Gasteiger partial charge in [0.15, 0.2) is 0 Å². The predicted octanol–water partition coefficient (Wildman–Crippen LogP) is -1.59. The van der Waals surface area contributed by atoms with E-state index in [1.165, 1.54) is 4.83 Å². The highest BCUT2D eigenvalue weighted by Crippen LogP contribution is 1.79. The van der Waals surface area contributed by atoms with E-state index in [4.69, 9.17) is 0 Å². The van der Waals surface area contributed by atoms with E-state index in [0.717, 1.165) is 12.2 Å². The van der Waals surface area contributed by atoms with E-state index in [0.29, 0.717) is 0 Å². The number of hydrogen-bond donors (Lipinski definition) is 1. The van der Waals surface area contributed by atoms with Gasteiger partial charge >= 0.3 is 10.2 Å². The average molecular weight is 163 g/mol. The second kappa shape index (κ2) is 3.52. The minimum atomic E-state index is -4.17. The molecule has 0 heterocycles. The Morgan fingerprint density at radius 3 is 2.20 bits per heavy atom. The number of hydrazone groups is 1.